The summed E-state index contributed by atoms with van der Waals surface area (Å²) in [7, 11) is -1.92. The Morgan fingerprint density at radius 3 is 2.32 bits per heavy atom. The molecule has 0 saturated carbocycles. The van der Waals surface area contributed by atoms with Crippen LogP contribution in [0.25, 0.3) is 0 Å². The molecule has 0 aromatic heterocycles. The van der Waals surface area contributed by atoms with E-state index in [4.69, 9.17) is 4.74 Å². The largest absolute Gasteiger partial charge is 0.495 e. The first-order valence-electron chi connectivity index (χ1n) is 9.27. The SMILES string of the molecule is COc1ccccc1NC(=O)[C@H](C)[NH+]1CCN(S(=O)(=O)c2ccccc2)CC1. The number of sulfonamides is 1. The Balaban J connectivity index is 1.60. The molecule has 1 amide bonds. The number of piperazine rings is 1. The quantitative estimate of drug-likeness (QED) is 0.740. The number of rotatable bonds is 6. The van der Waals surface area contributed by atoms with Gasteiger partial charge >= 0.3 is 0 Å². The summed E-state index contributed by atoms with van der Waals surface area (Å²) in [5, 5.41) is 2.91. The maximum absolute atomic E-state index is 12.7. The molecule has 2 aromatic carbocycles. The first kappa shape index (κ1) is 20.3. The van der Waals surface area contributed by atoms with Crippen LogP contribution in [0.4, 0.5) is 5.69 Å². The third-order valence-corrected chi connectivity index (χ3v) is 7.03. The molecule has 1 aliphatic rings. The highest BCUT2D eigenvalue weighted by atomic mass is 32.2. The number of hydrogen-bond acceptors (Lipinski definition) is 4. The number of amides is 1. The third-order valence-electron chi connectivity index (χ3n) is 5.12. The Morgan fingerprint density at radius 1 is 1.07 bits per heavy atom. The van der Waals surface area contributed by atoms with Gasteiger partial charge in [-0.25, -0.2) is 8.42 Å². The first-order chi connectivity index (χ1) is 13.4. The molecule has 0 spiro atoms. The molecule has 0 unspecified atom stereocenters. The van der Waals surface area contributed by atoms with E-state index < -0.39 is 10.0 Å². The van der Waals surface area contributed by atoms with E-state index in [0.717, 1.165) is 4.90 Å². The predicted octanol–water partition coefficient (Wildman–Crippen LogP) is 0.612. The van der Waals surface area contributed by atoms with Gasteiger partial charge in [-0.3, -0.25) is 4.79 Å². The van der Waals surface area contributed by atoms with Crippen molar-refractivity contribution in [3.8, 4) is 5.75 Å². The minimum atomic E-state index is -3.49. The zero-order valence-corrected chi connectivity index (χ0v) is 16.9. The lowest BCUT2D eigenvalue weighted by molar-refractivity contribution is -0.917. The number of benzene rings is 2. The fourth-order valence-electron chi connectivity index (χ4n) is 3.36. The summed E-state index contributed by atoms with van der Waals surface area (Å²) in [6.07, 6.45) is 0. The normalized spacial score (nSPS) is 17.1. The van der Waals surface area contributed by atoms with Crippen molar-refractivity contribution >= 4 is 21.6 Å². The van der Waals surface area contributed by atoms with Crippen molar-refractivity contribution in [1.82, 2.24) is 4.31 Å². The summed E-state index contributed by atoms with van der Waals surface area (Å²) in [6, 6.07) is 15.4. The van der Waals surface area contributed by atoms with E-state index in [1.807, 2.05) is 19.1 Å². The van der Waals surface area contributed by atoms with E-state index >= 15 is 0 Å². The Bertz CT molecular complexity index is 910. The van der Waals surface area contributed by atoms with Crippen LogP contribution in [0, 0.1) is 0 Å². The van der Waals surface area contributed by atoms with Crippen LogP contribution in [0.15, 0.2) is 59.5 Å². The van der Waals surface area contributed by atoms with Crippen LogP contribution in [0.1, 0.15) is 6.92 Å². The summed E-state index contributed by atoms with van der Waals surface area (Å²) < 4.78 is 32.2. The van der Waals surface area contributed by atoms with E-state index in [9.17, 15) is 13.2 Å². The third kappa shape index (κ3) is 4.35. The van der Waals surface area contributed by atoms with Gasteiger partial charge < -0.3 is 15.0 Å². The van der Waals surface area contributed by atoms with Gasteiger partial charge in [0.05, 0.1) is 43.9 Å². The zero-order chi connectivity index (χ0) is 20.1. The molecular weight excluding hydrogens is 378 g/mol. The van der Waals surface area contributed by atoms with Gasteiger partial charge in [-0.05, 0) is 31.2 Å². The highest BCUT2D eigenvalue weighted by Gasteiger charge is 2.34. The van der Waals surface area contributed by atoms with Crippen molar-refractivity contribution in [1.29, 1.82) is 0 Å². The molecule has 2 N–H and O–H groups in total. The summed E-state index contributed by atoms with van der Waals surface area (Å²) >= 11 is 0. The number of carbonyl (C=O) groups is 1. The smallest absolute Gasteiger partial charge is 0.282 e. The van der Waals surface area contributed by atoms with Crippen LogP contribution in [0.3, 0.4) is 0 Å². The standard InChI is InChI=1S/C20H25N3O4S/c1-16(20(24)21-18-10-6-7-11-19(18)27-2)22-12-14-23(15-13-22)28(25,26)17-8-4-3-5-9-17/h3-11,16H,12-15H2,1-2H3,(H,21,24)/p+1/t16-/m0/s1. The highest BCUT2D eigenvalue weighted by Crippen LogP contribution is 2.23. The molecule has 2 aromatic rings. The summed E-state index contributed by atoms with van der Waals surface area (Å²) in [6.45, 7) is 3.79. The van der Waals surface area contributed by atoms with Crippen LogP contribution >= 0.6 is 0 Å². The Hall–Kier alpha value is -2.42. The van der Waals surface area contributed by atoms with E-state index in [2.05, 4.69) is 5.32 Å². The number of ether oxygens (including phenoxy) is 1. The van der Waals surface area contributed by atoms with E-state index in [-0.39, 0.29) is 11.9 Å². The van der Waals surface area contributed by atoms with E-state index in [1.54, 1.807) is 49.6 Å². The van der Waals surface area contributed by atoms with Crippen LogP contribution in [0.2, 0.25) is 0 Å². The Morgan fingerprint density at radius 2 is 1.68 bits per heavy atom. The molecule has 7 nitrogen and oxygen atoms in total. The molecule has 1 aliphatic heterocycles. The van der Waals surface area contributed by atoms with Gasteiger partial charge in [-0.1, -0.05) is 30.3 Å². The van der Waals surface area contributed by atoms with Crippen molar-refractivity contribution in [2.45, 2.75) is 17.9 Å². The Kier molecular flexibility index (Phi) is 6.33. The number of carbonyl (C=O) groups excluding carboxylic acids is 1. The monoisotopic (exact) mass is 404 g/mol. The fourth-order valence-corrected chi connectivity index (χ4v) is 4.83. The average Bonchev–Trinajstić information content (AvgIpc) is 2.74. The number of para-hydroxylation sites is 2. The first-order valence-corrected chi connectivity index (χ1v) is 10.7. The number of nitrogens with zero attached hydrogens (tertiary/aromatic N) is 1. The Labute approximate surface area is 166 Å². The van der Waals surface area contributed by atoms with Gasteiger partial charge in [0.25, 0.3) is 5.91 Å². The second-order valence-corrected chi connectivity index (χ2v) is 8.72. The van der Waals surface area contributed by atoms with E-state index in [1.165, 1.54) is 4.31 Å². The van der Waals surface area contributed by atoms with Gasteiger partial charge in [0.2, 0.25) is 10.0 Å². The van der Waals surface area contributed by atoms with Gasteiger partial charge in [-0.15, -0.1) is 0 Å². The molecule has 1 atom stereocenters. The van der Waals surface area contributed by atoms with Crippen LogP contribution in [-0.2, 0) is 14.8 Å². The van der Waals surface area contributed by atoms with Crippen LogP contribution in [0.5, 0.6) is 5.75 Å². The molecule has 0 bridgehead atoms. The lowest BCUT2D eigenvalue weighted by Crippen LogP contribution is -3.19. The van der Waals surface area contributed by atoms with Crippen LogP contribution < -0.4 is 15.0 Å². The summed E-state index contributed by atoms with van der Waals surface area (Å²) in [5.41, 5.74) is 0.631. The minimum absolute atomic E-state index is 0.112. The minimum Gasteiger partial charge on any atom is -0.495 e. The van der Waals surface area contributed by atoms with Gasteiger partial charge in [-0.2, -0.15) is 4.31 Å². The fraction of sp³-hybridized carbons (Fsp3) is 0.350. The van der Waals surface area contributed by atoms with E-state index in [0.29, 0.717) is 42.5 Å². The van der Waals surface area contributed by atoms with Crippen molar-refractivity contribution in [3.63, 3.8) is 0 Å². The molecular formula is C20H26N3O4S+. The van der Waals surface area contributed by atoms with Crippen molar-refractivity contribution in [3.05, 3.63) is 54.6 Å². The second-order valence-electron chi connectivity index (χ2n) is 6.79. The molecule has 1 fully saturated rings. The molecule has 28 heavy (non-hydrogen) atoms. The lowest BCUT2D eigenvalue weighted by Gasteiger charge is -2.34. The van der Waals surface area contributed by atoms with Gasteiger partial charge in [0, 0.05) is 0 Å². The van der Waals surface area contributed by atoms with Gasteiger partial charge in [0.15, 0.2) is 6.04 Å². The molecule has 8 heteroatoms. The van der Waals surface area contributed by atoms with Crippen molar-refractivity contribution in [2.24, 2.45) is 0 Å². The molecule has 0 radical (unpaired) electrons. The molecule has 150 valence electrons. The maximum atomic E-state index is 12.7. The molecule has 3 rings (SSSR count). The van der Waals surface area contributed by atoms with Crippen molar-refractivity contribution < 1.29 is 22.8 Å². The number of hydrogen-bond donors (Lipinski definition) is 2. The maximum Gasteiger partial charge on any atom is 0.282 e. The molecule has 1 heterocycles. The van der Waals surface area contributed by atoms with Crippen LogP contribution in [-0.4, -0.2) is 58.0 Å². The lowest BCUT2D eigenvalue weighted by atomic mass is 10.2. The topological polar surface area (TPSA) is 80.2 Å². The highest BCUT2D eigenvalue weighted by molar-refractivity contribution is 7.89. The summed E-state index contributed by atoms with van der Waals surface area (Å²) in [4.78, 5) is 14.0. The predicted molar refractivity (Wildman–Crippen MR) is 107 cm³/mol. The zero-order valence-electron chi connectivity index (χ0n) is 16.1. The number of methoxy groups -OCH3 is 1. The second kappa shape index (κ2) is 8.72. The molecule has 0 aliphatic carbocycles. The summed E-state index contributed by atoms with van der Waals surface area (Å²) in [5.74, 6) is 0.496. The average molecular weight is 405 g/mol. The molecule has 1 saturated heterocycles. The number of quaternary nitrogens is 1. The number of anilines is 1. The number of nitrogens with one attached hydrogen (secondary N) is 2. The van der Waals surface area contributed by atoms with Crippen molar-refractivity contribution in [2.75, 3.05) is 38.6 Å². The van der Waals surface area contributed by atoms with Gasteiger partial charge in [0.1, 0.15) is 5.75 Å².